The topological polar surface area (TPSA) is 41.6 Å². The normalized spacial score (nSPS) is 19.5. The van der Waals surface area contributed by atoms with Crippen LogP contribution < -0.4 is 10.1 Å². The predicted molar refractivity (Wildman–Crippen MR) is 118 cm³/mol. The van der Waals surface area contributed by atoms with Crippen molar-refractivity contribution in [3.8, 4) is 5.75 Å². The number of halogens is 3. The van der Waals surface area contributed by atoms with Gasteiger partial charge in [0.05, 0.1) is 0 Å². The maximum atomic E-state index is 13.7. The molecular weight excluding hydrogens is 430 g/mol. The molecule has 4 nitrogen and oxygen atoms in total. The summed E-state index contributed by atoms with van der Waals surface area (Å²) in [6.07, 6.45) is 0.717. The first-order valence-corrected chi connectivity index (χ1v) is 10.8. The van der Waals surface area contributed by atoms with Gasteiger partial charge in [-0.15, -0.1) is 0 Å². The van der Waals surface area contributed by atoms with Crippen molar-refractivity contribution in [2.24, 2.45) is 0 Å². The summed E-state index contributed by atoms with van der Waals surface area (Å²) in [5.74, 6) is 0.396. The zero-order chi connectivity index (χ0) is 22.1. The van der Waals surface area contributed by atoms with Crippen LogP contribution in [0.15, 0.2) is 53.4 Å². The fourth-order valence-electron chi connectivity index (χ4n) is 2.76. The van der Waals surface area contributed by atoms with Crippen molar-refractivity contribution in [2.45, 2.75) is 43.0 Å². The maximum Gasteiger partial charge on any atom is 0.162 e. The van der Waals surface area contributed by atoms with E-state index in [1.165, 1.54) is 24.1 Å². The minimum absolute atomic E-state index is 0.0416. The predicted octanol–water partition coefficient (Wildman–Crippen LogP) is 5.16. The molecule has 0 saturated carbocycles. The monoisotopic (exact) mass is 456 g/mol. The Hall–Kier alpha value is -1.67. The molecule has 1 aliphatic heterocycles. The molecule has 0 amide bonds. The molecule has 1 N–H and O–H groups in total. The van der Waals surface area contributed by atoms with Crippen molar-refractivity contribution in [3.63, 3.8) is 0 Å². The Kier molecular flexibility index (Phi) is 9.55. The minimum atomic E-state index is -0.846. The average Bonchev–Trinajstić information content (AvgIpc) is 2.72. The Morgan fingerprint density at radius 2 is 1.83 bits per heavy atom. The number of carbonyl (C=O) groups is 1. The molecule has 0 spiro atoms. The van der Waals surface area contributed by atoms with E-state index in [0.717, 1.165) is 24.1 Å². The second kappa shape index (κ2) is 11.6. The van der Waals surface area contributed by atoms with Gasteiger partial charge in [-0.2, -0.15) is 0 Å². The Bertz CT molecular complexity index is 791. The molecule has 30 heavy (non-hydrogen) atoms. The summed E-state index contributed by atoms with van der Waals surface area (Å²) in [6.45, 7) is 4.66. The summed E-state index contributed by atoms with van der Waals surface area (Å²) in [5, 5.41) is 3.63. The summed E-state index contributed by atoms with van der Waals surface area (Å²) < 4.78 is 33.8. The van der Waals surface area contributed by atoms with Gasteiger partial charge in [0, 0.05) is 29.0 Å². The molecule has 0 aliphatic carbocycles. The molecule has 0 radical (unpaired) electrons. The van der Waals surface area contributed by atoms with Gasteiger partial charge in [0.15, 0.2) is 11.9 Å². The van der Waals surface area contributed by atoms with Crippen molar-refractivity contribution in [2.75, 3.05) is 20.1 Å². The van der Waals surface area contributed by atoms with Gasteiger partial charge < -0.3 is 10.1 Å². The number of piperidine rings is 1. The van der Waals surface area contributed by atoms with Crippen LogP contribution >= 0.6 is 23.5 Å². The SMILES string of the molecule is CC(C)(C=O)Oc1ccc(Cl)cc1.CNC1CCN(Sc2ccc(F)cc2)C[C@@H]1F. The smallest absolute Gasteiger partial charge is 0.162 e. The lowest BCUT2D eigenvalue weighted by Crippen LogP contribution is -2.47. The van der Waals surface area contributed by atoms with E-state index in [0.29, 0.717) is 17.3 Å². The highest BCUT2D eigenvalue weighted by atomic mass is 35.5. The Balaban J connectivity index is 0.000000222. The zero-order valence-electron chi connectivity index (χ0n) is 17.3. The largest absolute Gasteiger partial charge is 0.480 e. The average molecular weight is 457 g/mol. The lowest BCUT2D eigenvalue weighted by atomic mass is 10.1. The number of carbonyl (C=O) groups excluding carboxylic acids is 1. The molecule has 2 aromatic carbocycles. The van der Waals surface area contributed by atoms with E-state index in [9.17, 15) is 13.6 Å². The molecule has 1 unspecified atom stereocenters. The van der Waals surface area contributed by atoms with Gasteiger partial charge in [0.2, 0.25) is 0 Å². The van der Waals surface area contributed by atoms with Crippen LogP contribution in [0.5, 0.6) is 5.75 Å². The Morgan fingerprint density at radius 3 is 2.37 bits per heavy atom. The van der Waals surface area contributed by atoms with E-state index in [4.69, 9.17) is 16.3 Å². The van der Waals surface area contributed by atoms with Gasteiger partial charge in [0.1, 0.15) is 17.7 Å². The highest BCUT2D eigenvalue weighted by Gasteiger charge is 2.28. The standard InChI is InChI=1S/C12H16F2N2S.C10H11ClO2/c1-15-12-6-7-16(8-11(12)14)17-10-4-2-9(13)3-5-10;1-10(2,7-12)13-9-5-3-8(11)4-6-9/h2-5,11-12,15H,6-8H2,1H3;3-7H,1-2H3/t11-,12?;/m0./s1. The quantitative estimate of drug-likeness (QED) is 0.480. The lowest BCUT2D eigenvalue weighted by molar-refractivity contribution is -0.118. The number of aldehydes is 1. The summed E-state index contributed by atoms with van der Waals surface area (Å²) in [7, 11) is 1.79. The molecule has 1 heterocycles. The molecule has 1 fully saturated rings. The number of alkyl halides is 1. The number of hydrogen-bond donors (Lipinski definition) is 1. The summed E-state index contributed by atoms with van der Waals surface area (Å²) >= 11 is 7.18. The Labute approximate surface area is 186 Å². The van der Waals surface area contributed by atoms with E-state index in [1.54, 1.807) is 57.3 Å². The summed E-state index contributed by atoms with van der Waals surface area (Å²) in [4.78, 5) is 11.5. The molecule has 1 saturated heterocycles. The molecule has 0 bridgehead atoms. The fraction of sp³-hybridized carbons (Fsp3) is 0.409. The van der Waals surface area contributed by atoms with E-state index in [-0.39, 0.29) is 11.9 Å². The first-order chi connectivity index (χ1) is 14.2. The zero-order valence-corrected chi connectivity index (χ0v) is 18.9. The van der Waals surface area contributed by atoms with Crippen molar-refractivity contribution < 1.29 is 18.3 Å². The van der Waals surface area contributed by atoms with Gasteiger partial charge >= 0.3 is 0 Å². The van der Waals surface area contributed by atoms with Crippen LogP contribution in [-0.2, 0) is 4.79 Å². The first-order valence-electron chi connectivity index (χ1n) is 9.63. The van der Waals surface area contributed by atoms with Crippen LogP contribution in [0.1, 0.15) is 20.3 Å². The second-order valence-corrected chi connectivity index (χ2v) is 9.02. The van der Waals surface area contributed by atoms with E-state index in [1.807, 2.05) is 4.31 Å². The Morgan fingerprint density at radius 1 is 1.20 bits per heavy atom. The first kappa shape index (κ1) is 24.6. The third kappa shape index (κ3) is 8.22. The highest BCUT2D eigenvalue weighted by Crippen LogP contribution is 2.27. The third-order valence-corrected chi connectivity index (χ3v) is 5.73. The molecule has 0 aromatic heterocycles. The van der Waals surface area contributed by atoms with Gasteiger partial charge in [-0.3, -0.25) is 4.79 Å². The van der Waals surface area contributed by atoms with Crippen LogP contribution in [0.2, 0.25) is 5.02 Å². The van der Waals surface area contributed by atoms with E-state index < -0.39 is 11.8 Å². The van der Waals surface area contributed by atoms with Crippen molar-refractivity contribution in [3.05, 3.63) is 59.4 Å². The fourth-order valence-corrected chi connectivity index (χ4v) is 3.86. The van der Waals surface area contributed by atoms with Crippen LogP contribution in [0.25, 0.3) is 0 Å². The van der Waals surface area contributed by atoms with Crippen LogP contribution in [0, 0.1) is 5.82 Å². The molecule has 2 aromatic rings. The molecule has 2 atom stereocenters. The summed E-state index contributed by atoms with van der Waals surface area (Å²) in [5.41, 5.74) is -0.784. The van der Waals surface area contributed by atoms with Gasteiger partial charge in [-0.25, -0.2) is 13.1 Å². The van der Waals surface area contributed by atoms with E-state index >= 15 is 0 Å². The molecular formula is C22H27ClF2N2O2S. The molecule has 3 rings (SSSR count). The number of hydrogen-bond acceptors (Lipinski definition) is 5. The van der Waals surface area contributed by atoms with Crippen LogP contribution in [0.3, 0.4) is 0 Å². The highest BCUT2D eigenvalue weighted by molar-refractivity contribution is 7.97. The number of ether oxygens (including phenoxy) is 1. The van der Waals surface area contributed by atoms with Gasteiger partial charge in [0.25, 0.3) is 0 Å². The number of nitrogens with zero attached hydrogens (tertiary/aromatic N) is 1. The van der Waals surface area contributed by atoms with Crippen molar-refractivity contribution in [1.29, 1.82) is 0 Å². The minimum Gasteiger partial charge on any atom is -0.480 e. The lowest BCUT2D eigenvalue weighted by Gasteiger charge is -2.33. The third-order valence-electron chi connectivity index (χ3n) is 4.40. The number of nitrogens with one attached hydrogen (secondary N) is 1. The van der Waals surface area contributed by atoms with E-state index in [2.05, 4.69) is 5.32 Å². The molecule has 164 valence electrons. The van der Waals surface area contributed by atoms with Crippen LogP contribution in [-0.4, -0.2) is 48.5 Å². The number of benzene rings is 2. The van der Waals surface area contributed by atoms with Crippen LogP contribution in [0.4, 0.5) is 8.78 Å². The molecule has 8 heteroatoms. The van der Waals surface area contributed by atoms with Crippen molar-refractivity contribution >= 4 is 29.8 Å². The van der Waals surface area contributed by atoms with Crippen molar-refractivity contribution in [1.82, 2.24) is 9.62 Å². The van der Waals surface area contributed by atoms with Gasteiger partial charge in [-0.1, -0.05) is 11.6 Å². The number of rotatable bonds is 6. The van der Waals surface area contributed by atoms with Gasteiger partial charge in [-0.05, 0) is 87.8 Å². The maximum absolute atomic E-state index is 13.7. The second-order valence-electron chi connectivity index (χ2n) is 7.41. The summed E-state index contributed by atoms with van der Waals surface area (Å²) in [6, 6.07) is 13.1. The molecule has 1 aliphatic rings.